The number of rotatable bonds is 2. The number of carbonyl (C=O) groups excluding carboxylic acids is 1. The van der Waals surface area contributed by atoms with E-state index in [9.17, 15) is 4.79 Å². The van der Waals surface area contributed by atoms with E-state index in [1.807, 2.05) is 26.0 Å². The molecular weight excluding hydrogens is 363 g/mol. The molecule has 6 heteroatoms. The number of aryl methyl sites for hydroxylation is 2. The van der Waals surface area contributed by atoms with E-state index in [1.165, 1.54) is 0 Å². The Kier molecular flexibility index (Phi) is 4.68. The molecule has 0 aliphatic carbocycles. The number of carbonyl (C=O) groups is 1. The number of amides is 1. The molecule has 0 radical (unpaired) electrons. The van der Waals surface area contributed by atoms with Crippen molar-refractivity contribution in [2.24, 2.45) is 0 Å². The van der Waals surface area contributed by atoms with Gasteiger partial charge < -0.3 is 5.32 Å². The summed E-state index contributed by atoms with van der Waals surface area (Å²) in [7, 11) is 0. The summed E-state index contributed by atoms with van der Waals surface area (Å²) >= 11 is 15.2. The fraction of sp³-hybridized carbons (Fsp3) is 0.143. The lowest BCUT2D eigenvalue weighted by Gasteiger charge is -2.11. The standard InChI is InChI=1S/C14H11BrCl2N2O/c1-7-3-4-9(15)6-10(7)14(20)19-12-8(2)5-11(16)18-13(12)17/h3-6H,1-2H3,(H,19,20). The van der Waals surface area contributed by atoms with Crippen LogP contribution in [0.5, 0.6) is 0 Å². The molecule has 2 aromatic rings. The van der Waals surface area contributed by atoms with Gasteiger partial charge in [0, 0.05) is 10.0 Å². The number of benzene rings is 1. The maximum absolute atomic E-state index is 12.3. The van der Waals surface area contributed by atoms with Crippen molar-refractivity contribution in [1.82, 2.24) is 4.98 Å². The lowest BCUT2D eigenvalue weighted by atomic mass is 10.1. The Morgan fingerprint density at radius 1 is 1.20 bits per heavy atom. The van der Waals surface area contributed by atoms with Crippen molar-refractivity contribution < 1.29 is 4.79 Å². The van der Waals surface area contributed by atoms with E-state index >= 15 is 0 Å². The highest BCUT2D eigenvalue weighted by Crippen LogP contribution is 2.27. The number of hydrogen-bond acceptors (Lipinski definition) is 2. The molecule has 0 aliphatic heterocycles. The highest BCUT2D eigenvalue weighted by atomic mass is 79.9. The van der Waals surface area contributed by atoms with Crippen LogP contribution in [0.4, 0.5) is 5.69 Å². The van der Waals surface area contributed by atoms with Crippen LogP contribution in [0.1, 0.15) is 21.5 Å². The molecule has 1 aromatic heterocycles. The van der Waals surface area contributed by atoms with Gasteiger partial charge in [-0.3, -0.25) is 4.79 Å². The minimum absolute atomic E-state index is 0.177. The highest BCUT2D eigenvalue weighted by molar-refractivity contribution is 9.10. The maximum Gasteiger partial charge on any atom is 0.256 e. The molecule has 1 aromatic carbocycles. The molecule has 20 heavy (non-hydrogen) atoms. The van der Waals surface area contributed by atoms with Gasteiger partial charge in [0.05, 0.1) is 5.69 Å². The average molecular weight is 374 g/mol. The first-order valence-corrected chi connectivity index (χ1v) is 7.33. The molecule has 1 amide bonds. The minimum atomic E-state index is -0.238. The number of aromatic nitrogens is 1. The number of nitrogens with one attached hydrogen (secondary N) is 1. The number of pyridine rings is 1. The molecule has 1 N–H and O–H groups in total. The van der Waals surface area contributed by atoms with Gasteiger partial charge in [0.15, 0.2) is 5.15 Å². The van der Waals surface area contributed by atoms with Crippen LogP contribution in [-0.2, 0) is 0 Å². The monoisotopic (exact) mass is 372 g/mol. The summed E-state index contributed by atoms with van der Waals surface area (Å²) in [4.78, 5) is 16.3. The Morgan fingerprint density at radius 2 is 1.90 bits per heavy atom. The van der Waals surface area contributed by atoms with Crippen LogP contribution in [0.3, 0.4) is 0 Å². The second-order valence-corrected chi connectivity index (χ2v) is 6.00. The van der Waals surface area contributed by atoms with Crippen molar-refractivity contribution in [1.29, 1.82) is 0 Å². The van der Waals surface area contributed by atoms with Gasteiger partial charge in [0.25, 0.3) is 5.91 Å². The Labute approximate surface area is 135 Å². The molecule has 0 saturated carbocycles. The van der Waals surface area contributed by atoms with Gasteiger partial charge in [-0.05, 0) is 43.2 Å². The second kappa shape index (κ2) is 6.12. The summed E-state index contributed by atoms with van der Waals surface area (Å²) in [5, 5.41) is 3.25. The maximum atomic E-state index is 12.3. The number of anilines is 1. The van der Waals surface area contributed by atoms with Crippen molar-refractivity contribution in [2.75, 3.05) is 5.32 Å². The van der Waals surface area contributed by atoms with Gasteiger partial charge in [-0.25, -0.2) is 4.98 Å². The van der Waals surface area contributed by atoms with Crippen LogP contribution in [0, 0.1) is 13.8 Å². The third-order valence-corrected chi connectivity index (χ3v) is 3.78. The molecule has 0 bridgehead atoms. The molecule has 1 heterocycles. The van der Waals surface area contributed by atoms with E-state index in [0.29, 0.717) is 16.4 Å². The Balaban J connectivity index is 2.35. The zero-order valence-corrected chi connectivity index (χ0v) is 13.9. The summed E-state index contributed by atoms with van der Waals surface area (Å²) in [5.74, 6) is -0.238. The smallest absolute Gasteiger partial charge is 0.256 e. The van der Waals surface area contributed by atoms with Crippen molar-refractivity contribution in [3.63, 3.8) is 0 Å². The number of hydrogen-bond donors (Lipinski definition) is 1. The van der Waals surface area contributed by atoms with Crippen LogP contribution < -0.4 is 5.32 Å². The van der Waals surface area contributed by atoms with Gasteiger partial charge in [0.2, 0.25) is 0 Å². The fourth-order valence-corrected chi connectivity index (χ4v) is 2.71. The van der Waals surface area contributed by atoms with Gasteiger partial charge in [0.1, 0.15) is 5.15 Å². The van der Waals surface area contributed by atoms with Gasteiger partial charge in [-0.1, -0.05) is 45.2 Å². The molecule has 0 fully saturated rings. The first-order chi connectivity index (χ1) is 9.38. The van der Waals surface area contributed by atoms with E-state index in [2.05, 4.69) is 26.2 Å². The van der Waals surface area contributed by atoms with E-state index in [-0.39, 0.29) is 11.1 Å². The summed E-state index contributed by atoms with van der Waals surface area (Å²) < 4.78 is 0.838. The second-order valence-electron chi connectivity index (χ2n) is 4.34. The number of nitrogens with zero attached hydrogens (tertiary/aromatic N) is 1. The van der Waals surface area contributed by atoms with Crippen LogP contribution in [0.25, 0.3) is 0 Å². The highest BCUT2D eigenvalue weighted by Gasteiger charge is 2.14. The van der Waals surface area contributed by atoms with Crippen molar-refractivity contribution in [2.45, 2.75) is 13.8 Å². The zero-order chi connectivity index (χ0) is 14.9. The van der Waals surface area contributed by atoms with E-state index < -0.39 is 0 Å². The predicted octanol–water partition coefficient (Wildman–Crippen LogP) is 5.02. The van der Waals surface area contributed by atoms with Crippen LogP contribution in [0.15, 0.2) is 28.7 Å². The SMILES string of the molecule is Cc1ccc(Br)cc1C(=O)Nc1c(C)cc(Cl)nc1Cl. The Bertz CT molecular complexity index is 666. The minimum Gasteiger partial charge on any atom is -0.319 e. The first-order valence-electron chi connectivity index (χ1n) is 5.78. The Hall–Kier alpha value is -1.10. The third kappa shape index (κ3) is 3.32. The van der Waals surface area contributed by atoms with E-state index in [0.717, 1.165) is 15.6 Å². The molecule has 0 atom stereocenters. The molecule has 0 unspecified atom stereocenters. The van der Waals surface area contributed by atoms with Crippen LogP contribution in [0.2, 0.25) is 10.3 Å². The van der Waals surface area contributed by atoms with Gasteiger partial charge in [-0.2, -0.15) is 0 Å². The Morgan fingerprint density at radius 3 is 2.55 bits per heavy atom. The molecule has 104 valence electrons. The van der Waals surface area contributed by atoms with E-state index in [4.69, 9.17) is 23.2 Å². The van der Waals surface area contributed by atoms with Crippen molar-refractivity contribution in [3.8, 4) is 0 Å². The van der Waals surface area contributed by atoms with Crippen molar-refractivity contribution in [3.05, 3.63) is 55.7 Å². The lowest BCUT2D eigenvalue weighted by molar-refractivity contribution is 0.102. The van der Waals surface area contributed by atoms with Crippen LogP contribution >= 0.6 is 39.1 Å². The summed E-state index contributed by atoms with van der Waals surface area (Å²) in [5.41, 5.74) is 2.68. The topological polar surface area (TPSA) is 42.0 Å². The summed E-state index contributed by atoms with van der Waals surface area (Å²) in [6, 6.07) is 7.16. The quantitative estimate of drug-likeness (QED) is 0.751. The molecule has 3 nitrogen and oxygen atoms in total. The van der Waals surface area contributed by atoms with E-state index in [1.54, 1.807) is 12.1 Å². The first kappa shape index (κ1) is 15.3. The summed E-state index contributed by atoms with van der Waals surface area (Å²) in [6.45, 7) is 3.68. The molecule has 0 aliphatic rings. The predicted molar refractivity (Wildman–Crippen MR) is 85.8 cm³/mol. The lowest BCUT2D eigenvalue weighted by Crippen LogP contribution is -2.15. The molecule has 0 saturated heterocycles. The normalized spacial score (nSPS) is 10.4. The summed E-state index contributed by atoms with van der Waals surface area (Å²) in [6.07, 6.45) is 0. The average Bonchev–Trinajstić information content (AvgIpc) is 2.36. The van der Waals surface area contributed by atoms with Gasteiger partial charge in [-0.15, -0.1) is 0 Å². The van der Waals surface area contributed by atoms with Crippen LogP contribution in [-0.4, -0.2) is 10.9 Å². The molecule has 0 spiro atoms. The third-order valence-electron chi connectivity index (χ3n) is 2.82. The van der Waals surface area contributed by atoms with Gasteiger partial charge >= 0.3 is 0 Å². The fourth-order valence-electron chi connectivity index (χ4n) is 1.77. The molecular formula is C14H11BrCl2N2O. The zero-order valence-electron chi connectivity index (χ0n) is 10.8. The largest absolute Gasteiger partial charge is 0.319 e. The van der Waals surface area contributed by atoms with Crippen molar-refractivity contribution >= 4 is 50.7 Å². The number of halogens is 3. The molecule has 2 rings (SSSR count).